The summed E-state index contributed by atoms with van der Waals surface area (Å²) in [5.74, 6) is -0.642. The zero-order valence-electron chi connectivity index (χ0n) is 10.3. The monoisotopic (exact) mass is 290 g/mol. The normalized spacial score (nSPS) is 11.9. The second-order valence-corrected chi connectivity index (χ2v) is 5.96. The molecule has 3 aromatic rings. The molecule has 0 saturated carbocycles. The van der Waals surface area contributed by atoms with E-state index >= 15 is 0 Å². The first-order valence-electron chi connectivity index (χ1n) is 5.85. The molecule has 1 heterocycles. The van der Waals surface area contributed by atoms with Crippen molar-refractivity contribution < 1.29 is 12.8 Å². The van der Waals surface area contributed by atoms with E-state index in [1.54, 1.807) is 12.3 Å². The molecule has 0 unspecified atom stereocenters. The summed E-state index contributed by atoms with van der Waals surface area (Å²) in [5.41, 5.74) is 1.82. The molecule has 0 aliphatic carbocycles. The lowest BCUT2D eigenvalue weighted by molar-refractivity contribution is 0.593. The van der Waals surface area contributed by atoms with Crippen LogP contribution in [0.2, 0.25) is 0 Å². The zero-order valence-corrected chi connectivity index (χ0v) is 11.1. The van der Waals surface area contributed by atoms with Crippen molar-refractivity contribution in [3.63, 3.8) is 0 Å². The summed E-state index contributed by atoms with van der Waals surface area (Å²) in [4.78, 5) is 2.83. The van der Waals surface area contributed by atoms with Crippen LogP contribution in [0.3, 0.4) is 0 Å². The van der Waals surface area contributed by atoms with E-state index < -0.39 is 15.8 Å². The molecule has 3 N–H and O–H groups in total. The fourth-order valence-electron chi connectivity index (χ4n) is 2.26. The van der Waals surface area contributed by atoms with Crippen LogP contribution in [0.15, 0.2) is 53.6 Å². The van der Waals surface area contributed by atoms with Crippen molar-refractivity contribution in [2.24, 2.45) is 5.14 Å². The molecular weight excluding hydrogens is 279 g/mol. The Bertz CT molecular complexity index is 900. The summed E-state index contributed by atoms with van der Waals surface area (Å²) < 4.78 is 36.6. The van der Waals surface area contributed by atoms with Gasteiger partial charge in [0.2, 0.25) is 10.0 Å². The van der Waals surface area contributed by atoms with Gasteiger partial charge in [-0.25, -0.2) is 17.9 Å². The first-order chi connectivity index (χ1) is 9.47. The van der Waals surface area contributed by atoms with Gasteiger partial charge >= 0.3 is 0 Å². The van der Waals surface area contributed by atoms with Gasteiger partial charge in [-0.05, 0) is 23.6 Å². The van der Waals surface area contributed by atoms with Crippen LogP contribution in [-0.2, 0) is 10.0 Å². The van der Waals surface area contributed by atoms with Gasteiger partial charge in [-0.2, -0.15) is 0 Å². The van der Waals surface area contributed by atoms with Crippen molar-refractivity contribution in [1.82, 2.24) is 4.98 Å². The van der Waals surface area contributed by atoms with Crippen molar-refractivity contribution in [2.75, 3.05) is 0 Å². The number of primary sulfonamides is 1. The second-order valence-electron chi connectivity index (χ2n) is 4.43. The summed E-state index contributed by atoms with van der Waals surface area (Å²) in [6.45, 7) is 0. The van der Waals surface area contributed by atoms with E-state index in [9.17, 15) is 12.8 Å². The second kappa shape index (κ2) is 4.43. The predicted molar refractivity (Wildman–Crippen MR) is 75.1 cm³/mol. The number of hydrogen-bond acceptors (Lipinski definition) is 2. The Morgan fingerprint density at radius 3 is 2.60 bits per heavy atom. The average Bonchev–Trinajstić information content (AvgIpc) is 2.86. The van der Waals surface area contributed by atoms with Crippen LogP contribution in [0.25, 0.3) is 22.0 Å². The number of sulfonamides is 1. The Hall–Kier alpha value is -2.18. The van der Waals surface area contributed by atoms with Crippen LogP contribution < -0.4 is 5.14 Å². The minimum Gasteiger partial charge on any atom is -0.361 e. The van der Waals surface area contributed by atoms with Crippen LogP contribution in [0.4, 0.5) is 4.39 Å². The molecule has 0 spiro atoms. The average molecular weight is 290 g/mol. The quantitative estimate of drug-likeness (QED) is 0.761. The fourth-order valence-corrected chi connectivity index (χ4v) is 3.02. The molecule has 3 rings (SSSR count). The van der Waals surface area contributed by atoms with E-state index in [4.69, 9.17) is 5.14 Å². The zero-order chi connectivity index (χ0) is 14.3. The van der Waals surface area contributed by atoms with E-state index in [0.717, 1.165) is 17.0 Å². The van der Waals surface area contributed by atoms with Crippen LogP contribution >= 0.6 is 0 Å². The number of halogens is 1. The van der Waals surface area contributed by atoms with Gasteiger partial charge in [0.05, 0.1) is 10.4 Å². The van der Waals surface area contributed by atoms with Crippen LogP contribution in [0, 0.1) is 5.82 Å². The molecule has 20 heavy (non-hydrogen) atoms. The molecule has 0 fully saturated rings. The maximum Gasteiger partial charge on any atom is 0.238 e. The minimum absolute atomic E-state index is 0.223. The van der Waals surface area contributed by atoms with Crippen molar-refractivity contribution in [3.8, 4) is 11.1 Å². The van der Waals surface area contributed by atoms with Gasteiger partial charge in [0, 0.05) is 17.3 Å². The molecule has 0 atom stereocenters. The topological polar surface area (TPSA) is 76.0 Å². The van der Waals surface area contributed by atoms with Gasteiger partial charge in [0.25, 0.3) is 0 Å². The third-order valence-corrected chi connectivity index (χ3v) is 4.08. The first kappa shape index (κ1) is 12.8. The van der Waals surface area contributed by atoms with Crippen LogP contribution in [-0.4, -0.2) is 13.4 Å². The molecule has 0 aliphatic rings. The van der Waals surface area contributed by atoms with E-state index in [2.05, 4.69) is 4.98 Å². The van der Waals surface area contributed by atoms with Crippen molar-refractivity contribution >= 4 is 20.9 Å². The third-order valence-electron chi connectivity index (χ3n) is 3.13. The molecular formula is C14H11FN2O2S. The molecule has 1 aromatic heterocycles. The summed E-state index contributed by atoms with van der Waals surface area (Å²) in [6, 6.07) is 10.9. The molecule has 2 aromatic carbocycles. The number of aromatic nitrogens is 1. The van der Waals surface area contributed by atoms with Gasteiger partial charge in [0.15, 0.2) is 0 Å². The molecule has 0 amide bonds. The Morgan fingerprint density at radius 2 is 1.85 bits per heavy atom. The lowest BCUT2D eigenvalue weighted by Crippen LogP contribution is -2.13. The maximum absolute atomic E-state index is 13.3. The smallest absolute Gasteiger partial charge is 0.238 e. The highest BCUT2D eigenvalue weighted by Crippen LogP contribution is 2.32. The third kappa shape index (κ3) is 2.09. The van der Waals surface area contributed by atoms with Crippen molar-refractivity contribution in [2.45, 2.75) is 4.90 Å². The van der Waals surface area contributed by atoms with Gasteiger partial charge in [-0.1, -0.05) is 24.3 Å². The van der Waals surface area contributed by atoms with Gasteiger partial charge in [0.1, 0.15) is 5.82 Å². The highest BCUT2D eigenvalue weighted by Gasteiger charge is 2.18. The predicted octanol–water partition coefficient (Wildman–Crippen LogP) is 2.62. The Kier molecular flexibility index (Phi) is 2.84. The SMILES string of the molecule is NS(=O)(=O)c1cc(F)ccc1-c1cccc2cc[nH]c12. The fraction of sp³-hybridized carbons (Fsp3) is 0. The number of nitrogens with two attached hydrogens (primary N) is 1. The van der Waals surface area contributed by atoms with E-state index in [1.807, 2.05) is 18.2 Å². The number of rotatable bonds is 2. The molecule has 0 bridgehead atoms. The molecule has 0 saturated heterocycles. The lowest BCUT2D eigenvalue weighted by Gasteiger charge is -2.09. The van der Waals surface area contributed by atoms with Crippen LogP contribution in [0.5, 0.6) is 0 Å². The van der Waals surface area contributed by atoms with Gasteiger partial charge < -0.3 is 4.98 Å². The molecule has 6 heteroatoms. The Morgan fingerprint density at radius 1 is 1.05 bits per heavy atom. The number of aromatic amines is 1. The minimum atomic E-state index is -4.01. The van der Waals surface area contributed by atoms with Crippen molar-refractivity contribution in [1.29, 1.82) is 0 Å². The van der Waals surface area contributed by atoms with Crippen LogP contribution in [0.1, 0.15) is 0 Å². The van der Waals surface area contributed by atoms with E-state index in [-0.39, 0.29) is 4.90 Å². The van der Waals surface area contributed by atoms with E-state index in [0.29, 0.717) is 11.1 Å². The number of fused-ring (bicyclic) bond motifs is 1. The first-order valence-corrected chi connectivity index (χ1v) is 7.40. The standard InChI is InChI=1S/C14H11FN2O2S/c15-10-4-5-11(13(8-10)20(16,18)19)12-3-1-2-9-6-7-17-14(9)12/h1-8,17H,(H2,16,18,19). The Labute approximate surface area is 115 Å². The lowest BCUT2D eigenvalue weighted by atomic mass is 10.0. The maximum atomic E-state index is 13.3. The van der Waals surface area contributed by atoms with Gasteiger partial charge in [-0.3, -0.25) is 0 Å². The highest BCUT2D eigenvalue weighted by molar-refractivity contribution is 7.89. The number of nitrogens with one attached hydrogen (secondary N) is 1. The molecule has 4 nitrogen and oxygen atoms in total. The summed E-state index contributed by atoms with van der Waals surface area (Å²) in [5, 5.41) is 6.12. The summed E-state index contributed by atoms with van der Waals surface area (Å²) >= 11 is 0. The summed E-state index contributed by atoms with van der Waals surface area (Å²) in [7, 11) is -4.01. The molecule has 102 valence electrons. The summed E-state index contributed by atoms with van der Waals surface area (Å²) in [6.07, 6.45) is 1.76. The molecule has 0 radical (unpaired) electrons. The van der Waals surface area contributed by atoms with Crippen molar-refractivity contribution in [3.05, 3.63) is 54.5 Å². The largest absolute Gasteiger partial charge is 0.361 e. The number of para-hydroxylation sites is 1. The highest BCUT2D eigenvalue weighted by atomic mass is 32.2. The van der Waals surface area contributed by atoms with Gasteiger partial charge in [-0.15, -0.1) is 0 Å². The number of benzene rings is 2. The number of H-pyrrole nitrogens is 1. The molecule has 0 aliphatic heterocycles. The Balaban J connectivity index is 2.38. The van der Waals surface area contributed by atoms with E-state index in [1.165, 1.54) is 12.1 Å². The number of hydrogen-bond donors (Lipinski definition) is 2.